The summed E-state index contributed by atoms with van der Waals surface area (Å²) in [6, 6.07) is 6.14. The number of nitrogens with one attached hydrogen (secondary N) is 2. The number of nitrogens with zero attached hydrogens (tertiary/aromatic N) is 1. The monoisotopic (exact) mass is 333 g/mol. The van der Waals surface area contributed by atoms with Gasteiger partial charge in [0.2, 0.25) is 17.7 Å². The quantitative estimate of drug-likeness (QED) is 0.729. The topological polar surface area (TPSA) is 98.7 Å². The van der Waals surface area contributed by atoms with Crippen LogP contribution in [-0.2, 0) is 14.4 Å². The SMILES string of the molecule is CC(C)N1C[C@H](NC(=O)CCC(=O)Nc2cccc(O)c2)CC1=O. The van der Waals surface area contributed by atoms with E-state index in [2.05, 4.69) is 10.6 Å². The number of anilines is 1. The fraction of sp³-hybridized carbons (Fsp3) is 0.471. The second-order valence-electron chi connectivity index (χ2n) is 6.21. The minimum Gasteiger partial charge on any atom is -0.508 e. The zero-order valence-electron chi connectivity index (χ0n) is 13.9. The summed E-state index contributed by atoms with van der Waals surface area (Å²) in [5, 5.41) is 14.8. The van der Waals surface area contributed by atoms with Gasteiger partial charge in [-0.1, -0.05) is 6.07 Å². The van der Waals surface area contributed by atoms with Gasteiger partial charge in [0.15, 0.2) is 0 Å². The van der Waals surface area contributed by atoms with Crippen LogP contribution in [0.2, 0.25) is 0 Å². The number of hydrogen-bond donors (Lipinski definition) is 3. The average Bonchev–Trinajstić information content (AvgIpc) is 2.86. The molecule has 130 valence electrons. The van der Waals surface area contributed by atoms with Gasteiger partial charge < -0.3 is 20.6 Å². The minimum absolute atomic E-state index is 0.0377. The highest BCUT2D eigenvalue weighted by Gasteiger charge is 2.31. The predicted molar refractivity (Wildman–Crippen MR) is 89.4 cm³/mol. The van der Waals surface area contributed by atoms with E-state index in [4.69, 9.17) is 0 Å². The van der Waals surface area contributed by atoms with Gasteiger partial charge in [0.25, 0.3) is 0 Å². The maximum Gasteiger partial charge on any atom is 0.225 e. The van der Waals surface area contributed by atoms with Crippen LogP contribution in [0.25, 0.3) is 0 Å². The average molecular weight is 333 g/mol. The molecule has 2 rings (SSSR count). The lowest BCUT2D eigenvalue weighted by atomic mass is 10.2. The summed E-state index contributed by atoms with van der Waals surface area (Å²) in [4.78, 5) is 37.3. The molecule has 3 N–H and O–H groups in total. The molecule has 0 aromatic heterocycles. The highest BCUT2D eigenvalue weighted by atomic mass is 16.3. The molecule has 0 spiro atoms. The lowest BCUT2D eigenvalue weighted by molar-refractivity contribution is -0.129. The molecule has 1 aliphatic rings. The van der Waals surface area contributed by atoms with E-state index in [1.807, 2.05) is 13.8 Å². The Hall–Kier alpha value is -2.57. The van der Waals surface area contributed by atoms with E-state index in [1.54, 1.807) is 17.0 Å². The van der Waals surface area contributed by atoms with Crippen molar-refractivity contribution in [1.82, 2.24) is 10.2 Å². The fourth-order valence-corrected chi connectivity index (χ4v) is 2.66. The normalized spacial score (nSPS) is 17.2. The molecule has 0 unspecified atom stereocenters. The molecule has 24 heavy (non-hydrogen) atoms. The predicted octanol–water partition coefficient (Wildman–Crippen LogP) is 1.24. The van der Waals surface area contributed by atoms with Crippen molar-refractivity contribution in [2.45, 2.75) is 45.2 Å². The standard InChI is InChI=1S/C17H23N3O4/c1-11(2)20-10-13(9-17(20)24)19-16(23)7-6-15(22)18-12-4-3-5-14(21)8-12/h3-5,8,11,13,21H,6-7,9-10H2,1-2H3,(H,18,22)(H,19,23)/t13-/m1/s1. The van der Waals surface area contributed by atoms with Crippen LogP contribution < -0.4 is 10.6 Å². The number of carbonyl (C=O) groups excluding carboxylic acids is 3. The number of aromatic hydroxyl groups is 1. The maximum absolute atomic E-state index is 11.9. The zero-order valence-corrected chi connectivity index (χ0v) is 13.9. The van der Waals surface area contributed by atoms with E-state index in [0.717, 1.165) is 0 Å². The van der Waals surface area contributed by atoms with Gasteiger partial charge in [0, 0.05) is 43.6 Å². The van der Waals surface area contributed by atoms with Crippen molar-refractivity contribution in [3.05, 3.63) is 24.3 Å². The van der Waals surface area contributed by atoms with E-state index < -0.39 is 0 Å². The molecule has 1 heterocycles. The molecule has 0 saturated carbocycles. The number of hydrogen-bond acceptors (Lipinski definition) is 4. The van der Waals surface area contributed by atoms with E-state index in [0.29, 0.717) is 18.7 Å². The van der Waals surface area contributed by atoms with Crippen LogP contribution in [0.3, 0.4) is 0 Å². The second kappa shape index (κ2) is 7.81. The van der Waals surface area contributed by atoms with Gasteiger partial charge in [-0.15, -0.1) is 0 Å². The third-order valence-electron chi connectivity index (χ3n) is 3.86. The van der Waals surface area contributed by atoms with Crippen molar-refractivity contribution >= 4 is 23.4 Å². The molecule has 7 nitrogen and oxygen atoms in total. The van der Waals surface area contributed by atoms with Crippen molar-refractivity contribution in [2.24, 2.45) is 0 Å². The van der Waals surface area contributed by atoms with Crippen molar-refractivity contribution in [1.29, 1.82) is 0 Å². The van der Waals surface area contributed by atoms with E-state index >= 15 is 0 Å². The minimum atomic E-state index is -0.304. The Balaban J connectivity index is 1.73. The Kier molecular flexibility index (Phi) is 5.78. The van der Waals surface area contributed by atoms with E-state index in [9.17, 15) is 19.5 Å². The first-order chi connectivity index (χ1) is 11.3. The van der Waals surface area contributed by atoms with Crippen LogP contribution in [0.15, 0.2) is 24.3 Å². The molecule has 1 aromatic rings. The molecule has 0 bridgehead atoms. The molecule has 1 aromatic carbocycles. The van der Waals surface area contributed by atoms with Gasteiger partial charge in [-0.3, -0.25) is 14.4 Å². The lowest BCUT2D eigenvalue weighted by Crippen LogP contribution is -2.39. The van der Waals surface area contributed by atoms with Crippen LogP contribution in [0, 0.1) is 0 Å². The van der Waals surface area contributed by atoms with Crippen molar-refractivity contribution in [3.8, 4) is 5.75 Å². The van der Waals surface area contributed by atoms with Gasteiger partial charge in [0.1, 0.15) is 5.75 Å². The smallest absolute Gasteiger partial charge is 0.225 e. The number of benzene rings is 1. The molecule has 3 amide bonds. The fourth-order valence-electron chi connectivity index (χ4n) is 2.66. The van der Waals surface area contributed by atoms with Crippen LogP contribution in [-0.4, -0.2) is 46.4 Å². The summed E-state index contributed by atoms with van der Waals surface area (Å²) in [5.41, 5.74) is 0.481. The van der Waals surface area contributed by atoms with Crippen LogP contribution >= 0.6 is 0 Å². The van der Waals surface area contributed by atoms with E-state index in [1.165, 1.54) is 12.1 Å². The molecule has 7 heteroatoms. The Morgan fingerprint density at radius 1 is 1.29 bits per heavy atom. The third-order valence-corrected chi connectivity index (χ3v) is 3.86. The number of likely N-dealkylation sites (tertiary alicyclic amines) is 1. The molecule has 1 atom stereocenters. The van der Waals surface area contributed by atoms with Crippen molar-refractivity contribution in [2.75, 3.05) is 11.9 Å². The molecule has 1 aliphatic heterocycles. The third kappa shape index (κ3) is 4.97. The summed E-state index contributed by atoms with van der Waals surface area (Å²) < 4.78 is 0. The van der Waals surface area contributed by atoms with Crippen molar-refractivity contribution in [3.63, 3.8) is 0 Å². The highest BCUT2D eigenvalue weighted by molar-refractivity contribution is 5.93. The highest BCUT2D eigenvalue weighted by Crippen LogP contribution is 2.16. The molecule has 1 fully saturated rings. The molecular formula is C17H23N3O4. The molecule has 0 aliphatic carbocycles. The molecule has 1 saturated heterocycles. The number of carbonyl (C=O) groups is 3. The second-order valence-corrected chi connectivity index (χ2v) is 6.21. The van der Waals surface area contributed by atoms with Crippen LogP contribution in [0.4, 0.5) is 5.69 Å². The van der Waals surface area contributed by atoms with E-state index in [-0.39, 0.29) is 48.4 Å². The summed E-state index contributed by atoms with van der Waals surface area (Å²) in [7, 11) is 0. The summed E-state index contributed by atoms with van der Waals surface area (Å²) in [6.07, 6.45) is 0.395. The van der Waals surface area contributed by atoms with Gasteiger partial charge in [-0.25, -0.2) is 0 Å². The number of rotatable bonds is 6. The first-order valence-electron chi connectivity index (χ1n) is 8.03. The number of amides is 3. The molecule has 0 radical (unpaired) electrons. The molecular weight excluding hydrogens is 310 g/mol. The zero-order chi connectivity index (χ0) is 17.7. The summed E-state index contributed by atoms with van der Waals surface area (Å²) in [6.45, 7) is 4.39. The lowest BCUT2D eigenvalue weighted by Gasteiger charge is -2.21. The Bertz CT molecular complexity index is 630. The Morgan fingerprint density at radius 2 is 2.00 bits per heavy atom. The first-order valence-corrected chi connectivity index (χ1v) is 8.03. The van der Waals surface area contributed by atoms with Gasteiger partial charge in [-0.2, -0.15) is 0 Å². The number of phenolic OH excluding ortho intramolecular Hbond substituents is 1. The van der Waals surface area contributed by atoms with Gasteiger partial charge in [0.05, 0.1) is 6.04 Å². The first kappa shape index (κ1) is 17.8. The van der Waals surface area contributed by atoms with Gasteiger partial charge >= 0.3 is 0 Å². The summed E-state index contributed by atoms with van der Waals surface area (Å²) in [5.74, 6) is -0.449. The largest absolute Gasteiger partial charge is 0.508 e. The Labute approximate surface area is 141 Å². The number of phenols is 1. The van der Waals surface area contributed by atoms with Crippen molar-refractivity contribution < 1.29 is 19.5 Å². The summed E-state index contributed by atoms with van der Waals surface area (Å²) >= 11 is 0. The maximum atomic E-state index is 11.9. The van der Waals surface area contributed by atoms with Crippen LogP contribution in [0.5, 0.6) is 5.75 Å². The Morgan fingerprint density at radius 3 is 2.62 bits per heavy atom. The van der Waals surface area contributed by atoms with Crippen LogP contribution in [0.1, 0.15) is 33.1 Å². The van der Waals surface area contributed by atoms with Gasteiger partial charge in [-0.05, 0) is 26.0 Å².